The average Bonchev–Trinajstić information content (AvgIpc) is 2.68. The number of anilines is 1. The smallest absolute Gasteiger partial charge is 0.321 e. The third-order valence-corrected chi connectivity index (χ3v) is 4.57. The second kappa shape index (κ2) is 9.25. The van der Waals surface area contributed by atoms with Gasteiger partial charge in [0.15, 0.2) is 0 Å². The molecular weight excluding hydrogens is 326 g/mol. The number of likely N-dealkylation sites (tertiary alicyclic amines) is 1. The largest absolute Gasteiger partial charge is 0.492 e. The summed E-state index contributed by atoms with van der Waals surface area (Å²) >= 11 is 0. The molecule has 0 unspecified atom stereocenters. The number of ether oxygens (including phenoxy) is 1. The Morgan fingerprint density at radius 3 is 2.35 bits per heavy atom. The first-order valence-corrected chi connectivity index (χ1v) is 9.25. The lowest BCUT2D eigenvalue weighted by atomic mass is 10.0. The number of piperidine rings is 1. The van der Waals surface area contributed by atoms with Crippen LogP contribution in [0.5, 0.6) is 5.75 Å². The van der Waals surface area contributed by atoms with Gasteiger partial charge in [-0.15, -0.1) is 0 Å². The van der Waals surface area contributed by atoms with Crippen molar-refractivity contribution in [2.24, 2.45) is 0 Å². The zero-order chi connectivity index (χ0) is 18.2. The van der Waals surface area contributed by atoms with Gasteiger partial charge in [-0.1, -0.05) is 36.4 Å². The van der Waals surface area contributed by atoms with Crippen LogP contribution in [0.25, 0.3) is 0 Å². The Morgan fingerprint density at radius 2 is 1.69 bits per heavy atom. The van der Waals surface area contributed by atoms with Gasteiger partial charge in [0, 0.05) is 30.9 Å². The van der Waals surface area contributed by atoms with Gasteiger partial charge in [-0.05, 0) is 44.0 Å². The van der Waals surface area contributed by atoms with Crippen LogP contribution in [0.15, 0.2) is 60.7 Å². The molecule has 1 aliphatic rings. The molecule has 1 saturated heterocycles. The molecule has 1 atom stereocenters. The van der Waals surface area contributed by atoms with Crippen LogP contribution < -0.4 is 15.4 Å². The van der Waals surface area contributed by atoms with Crippen LogP contribution in [0.1, 0.15) is 19.8 Å². The zero-order valence-electron chi connectivity index (χ0n) is 15.2. The summed E-state index contributed by atoms with van der Waals surface area (Å²) < 4.78 is 5.80. The Morgan fingerprint density at radius 1 is 1.08 bits per heavy atom. The van der Waals surface area contributed by atoms with E-state index in [-0.39, 0.29) is 12.1 Å². The number of carbonyl (C=O) groups excluding carboxylic acids is 1. The van der Waals surface area contributed by atoms with Crippen LogP contribution in [0.3, 0.4) is 0 Å². The number of amides is 2. The molecule has 5 nitrogen and oxygen atoms in total. The molecular formula is C21H27N3O2. The Labute approximate surface area is 155 Å². The summed E-state index contributed by atoms with van der Waals surface area (Å²) in [7, 11) is 0. The predicted molar refractivity (Wildman–Crippen MR) is 105 cm³/mol. The van der Waals surface area contributed by atoms with E-state index in [1.54, 1.807) is 0 Å². The quantitative estimate of drug-likeness (QED) is 0.832. The van der Waals surface area contributed by atoms with Crippen LogP contribution in [0.2, 0.25) is 0 Å². The highest BCUT2D eigenvalue weighted by atomic mass is 16.5. The molecule has 2 aromatic rings. The Balaban J connectivity index is 1.37. The molecule has 2 amide bonds. The van der Waals surface area contributed by atoms with E-state index < -0.39 is 0 Å². The van der Waals surface area contributed by atoms with Crippen molar-refractivity contribution in [3.8, 4) is 5.75 Å². The van der Waals surface area contributed by atoms with Gasteiger partial charge in [0.05, 0.1) is 0 Å². The molecule has 26 heavy (non-hydrogen) atoms. The van der Waals surface area contributed by atoms with Crippen molar-refractivity contribution in [1.82, 2.24) is 10.2 Å². The number of rotatable bonds is 6. The van der Waals surface area contributed by atoms with E-state index in [9.17, 15) is 4.79 Å². The van der Waals surface area contributed by atoms with E-state index in [1.165, 1.54) is 0 Å². The van der Waals surface area contributed by atoms with Gasteiger partial charge in [-0.2, -0.15) is 0 Å². The normalized spacial score (nSPS) is 16.1. The van der Waals surface area contributed by atoms with Crippen LogP contribution in [-0.2, 0) is 0 Å². The molecule has 2 aromatic carbocycles. The van der Waals surface area contributed by atoms with E-state index in [4.69, 9.17) is 4.74 Å². The number of carbonyl (C=O) groups is 1. The molecule has 0 radical (unpaired) electrons. The second-order valence-corrected chi connectivity index (χ2v) is 6.75. The highest BCUT2D eigenvalue weighted by molar-refractivity contribution is 5.89. The zero-order valence-corrected chi connectivity index (χ0v) is 15.2. The van der Waals surface area contributed by atoms with Crippen molar-refractivity contribution in [3.63, 3.8) is 0 Å². The lowest BCUT2D eigenvalue weighted by Crippen LogP contribution is -2.49. The van der Waals surface area contributed by atoms with E-state index in [1.807, 2.05) is 65.6 Å². The second-order valence-electron chi connectivity index (χ2n) is 6.75. The van der Waals surface area contributed by atoms with Crippen molar-refractivity contribution in [2.75, 3.05) is 25.0 Å². The molecule has 0 bridgehead atoms. The molecule has 5 heteroatoms. The summed E-state index contributed by atoms with van der Waals surface area (Å²) in [5.41, 5.74) is 0.837. The summed E-state index contributed by atoms with van der Waals surface area (Å²) in [6.45, 7) is 4.31. The van der Waals surface area contributed by atoms with Crippen LogP contribution in [0.4, 0.5) is 10.5 Å². The lowest BCUT2D eigenvalue weighted by Gasteiger charge is -2.34. The van der Waals surface area contributed by atoms with Crippen molar-refractivity contribution in [2.45, 2.75) is 31.8 Å². The van der Waals surface area contributed by atoms with Crippen molar-refractivity contribution >= 4 is 11.7 Å². The summed E-state index contributed by atoms with van der Waals surface area (Å²) in [4.78, 5) is 14.2. The number of urea groups is 1. The summed E-state index contributed by atoms with van der Waals surface area (Å²) in [6, 6.07) is 20.1. The molecule has 1 heterocycles. The minimum absolute atomic E-state index is 0.0184. The highest BCUT2D eigenvalue weighted by Crippen LogP contribution is 2.14. The first-order chi connectivity index (χ1) is 12.7. The maximum absolute atomic E-state index is 12.3. The number of benzene rings is 2. The lowest BCUT2D eigenvalue weighted by molar-refractivity contribution is 0.180. The van der Waals surface area contributed by atoms with Crippen LogP contribution >= 0.6 is 0 Å². The van der Waals surface area contributed by atoms with Gasteiger partial charge in [-0.25, -0.2) is 4.79 Å². The molecule has 1 aliphatic heterocycles. The Bertz CT molecular complexity index is 670. The molecule has 0 aliphatic carbocycles. The van der Waals surface area contributed by atoms with Crippen LogP contribution in [0, 0.1) is 0 Å². The molecule has 0 spiro atoms. The third kappa shape index (κ3) is 5.49. The van der Waals surface area contributed by atoms with Crippen molar-refractivity contribution < 1.29 is 9.53 Å². The highest BCUT2D eigenvalue weighted by Gasteiger charge is 2.23. The first-order valence-electron chi connectivity index (χ1n) is 9.25. The average molecular weight is 353 g/mol. The number of para-hydroxylation sites is 2. The number of nitrogens with zero attached hydrogens (tertiary/aromatic N) is 1. The summed E-state index contributed by atoms with van der Waals surface area (Å²) in [6.07, 6.45) is 1.91. The summed E-state index contributed by atoms with van der Waals surface area (Å²) in [5, 5.41) is 6.57. The maximum Gasteiger partial charge on any atom is 0.321 e. The van der Waals surface area contributed by atoms with Gasteiger partial charge in [0.1, 0.15) is 12.4 Å². The van der Waals surface area contributed by atoms with Gasteiger partial charge in [0.25, 0.3) is 0 Å². The topological polar surface area (TPSA) is 53.6 Å². The minimum atomic E-state index is -0.0184. The van der Waals surface area contributed by atoms with Gasteiger partial charge in [0.2, 0.25) is 0 Å². The van der Waals surface area contributed by atoms with Gasteiger partial charge in [-0.3, -0.25) is 0 Å². The standard InChI is InChI=1S/C21H27N3O2/c1-17(16-26-20-10-6-3-7-11-20)22-19-12-14-24(15-13-19)21(25)23-18-8-4-2-5-9-18/h2-11,17,19,22H,12-16H2,1H3,(H,23,25)/t17-/m1/s1. The predicted octanol–water partition coefficient (Wildman–Crippen LogP) is 3.74. The van der Waals surface area contributed by atoms with E-state index in [0.29, 0.717) is 12.6 Å². The third-order valence-electron chi connectivity index (χ3n) is 4.57. The fourth-order valence-electron chi connectivity index (χ4n) is 3.16. The molecule has 3 rings (SSSR count). The van der Waals surface area contributed by atoms with Crippen molar-refractivity contribution in [3.05, 3.63) is 60.7 Å². The Kier molecular flexibility index (Phi) is 6.50. The van der Waals surface area contributed by atoms with E-state index in [0.717, 1.165) is 37.4 Å². The number of nitrogens with one attached hydrogen (secondary N) is 2. The van der Waals surface area contributed by atoms with Crippen molar-refractivity contribution in [1.29, 1.82) is 0 Å². The van der Waals surface area contributed by atoms with E-state index in [2.05, 4.69) is 17.6 Å². The first kappa shape index (κ1) is 18.3. The molecule has 2 N–H and O–H groups in total. The van der Waals surface area contributed by atoms with E-state index >= 15 is 0 Å². The van der Waals surface area contributed by atoms with Crippen LogP contribution in [-0.4, -0.2) is 42.7 Å². The van der Waals surface area contributed by atoms with Gasteiger partial charge >= 0.3 is 6.03 Å². The molecule has 0 aromatic heterocycles. The maximum atomic E-state index is 12.3. The molecule has 0 saturated carbocycles. The Hall–Kier alpha value is -2.53. The fourth-order valence-corrected chi connectivity index (χ4v) is 3.16. The fraction of sp³-hybridized carbons (Fsp3) is 0.381. The molecule has 1 fully saturated rings. The molecule has 138 valence electrons. The number of hydrogen-bond acceptors (Lipinski definition) is 3. The minimum Gasteiger partial charge on any atom is -0.492 e. The van der Waals surface area contributed by atoms with Gasteiger partial charge < -0.3 is 20.3 Å². The monoisotopic (exact) mass is 353 g/mol. The summed E-state index contributed by atoms with van der Waals surface area (Å²) in [5.74, 6) is 0.897. The SMILES string of the molecule is C[C@H](COc1ccccc1)NC1CCN(C(=O)Nc2ccccc2)CC1. The number of hydrogen-bond donors (Lipinski definition) is 2.